The van der Waals surface area contributed by atoms with Crippen LogP contribution >= 0.6 is 0 Å². The Morgan fingerprint density at radius 1 is 1.67 bits per heavy atom. The largest absolute Gasteiger partial charge is 0.584 e. The summed E-state index contributed by atoms with van der Waals surface area (Å²) in [5, 5.41) is 0. The van der Waals surface area contributed by atoms with E-state index >= 15 is 0 Å². The average Bonchev–Trinajstić information content (AvgIpc) is 1.35. The smallest absolute Gasteiger partial charge is 0.452 e. The maximum atomic E-state index is 4.83. The quantitative estimate of drug-likeness (QED) is 0.462. The van der Waals surface area contributed by atoms with Gasteiger partial charge in [0.1, 0.15) is 0 Å². The van der Waals surface area contributed by atoms with Gasteiger partial charge in [-0.1, -0.05) is 13.8 Å². The lowest BCUT2D eigenvalue weighted by atomic mass is 10.2. The Kier molecular flexibility index (Phi) is 4.37. The van der Waals surface area contributed by atoms with E-state index in [1.54, 1.807) is 22.1 Å². The lowest BCUT2D eigenvalue weighted by Gasteiger charge is -2.01. The molecule has 6 heavy (non-hydrogen) atoms. The van der Waals surface area contributed by atoms with Gasteiger partial charge in [-0.25, -0.2) is 0 Å². The molecule has 0 saturated carbocycles. The Hall–Kier alpha value is 0.726. The molecule has 0 aliphatic rings. The van der Waals surface area contributed by atoms with Gasteiger partial charge < -0.3 is 3.17 Å². The zero-order chi connectivity index (χ0) is 4.99. The van der Waals surface area contributed by atoms with Crippen molar-refractivity contribution in [3.05, 3.63) is 0 Å². The first-order valence-corrected chi connectivity index (χ1v) is 2.72. The molecule has 0 N–H and O–H groups in total. The van der Waals surface area contributed by atoms with Gasteiger partial charge in [-0.2, -0.15) is 0 Å². The molecule has 2 heteroatoms. The summed E-state index contributed by atoms with van der Waals surface area (Å²) in [6.07, 6.45) is 0. The van der Waals surface area contributed by atoms with Crippen molar-refractivity contribution >= 4 is 22.1 Å². The van der Waals surface area contributed by atoms with Crippen molar-refractivity contribution in [3.63, 3.8) is 0 Å². The summed E-state index contributed by atoms with van der Waals surface area (Å²) in [6, 6.07) is 0. The number of hydrogen-bond acceptors (Lipinski definition) is 1. The van der Waals surface area contributed by atoms with E-state index in [0.29, 0.717) is 5.92 Å². The Morgan fingerprint density at radius 3 is 2.17 bits per heavy atom. The minimum Gasteiger partial charge on any atom is -0.584 e. The van der Waals surface area contributed by atoms with Gasteiger partial charge in [0.2, 0.25) is 0 Å². The van der Waals surface area contributed by atoms with E-state index in [0.717, 1.165) is 6.61 Å². The fourth-order valence-electron chi connectivity index (χ4n) is 0.236. The summed E-state index contributed by atoms with van der Waals surface area (Å²) < 4.78 is 4.83. The van der Waals surface area contributed by atoms with Crippen molar-refractivity contribution in [2.45, 2.75) is 13.8 Å². The summed E-state index contributed by atoms with van der Waals surface area (Å²) in [5.41, 5.74) is 0. The molecule has 0 aromatic rings. The number of rotatable bonds is 2. The Balaban J connectivity index is 2.63. The van der Waals surface area contributed by atoms with Crippen molar-refractivity contribution in [1.29, 1.82) is 0 Å². The summed E-state index contributed by atoms with van der Waals surface area (Å²) in [5.74, 6) is 0.683. The van der Waals surface area contributed by atoms with E-state index in [-0.39, 0.29) is 0 Å². The third-order valence-corrected chi connectivity index (χ3v) is 0.687. The molecule has 0 amide bonds. The zero-order valence-electron chi connectivity index (χ0n) is 4.40. The van der Waals surface area contributed by atoms with Crippen LogP contribution in [0.5, 0.6) is 0 Å². The predicted molar refractivity (Wildman–Crippen MR) is 26.5 cm³/mol. The first kappa shape index (κ1) is 6.73. The van der Waals surface area contributed by atoms with Crippen LogP contribution in [0.25, 0.3) is 0 Å². The molecule has 33 valence electrons. The van der Waals surface area contributed by atoms with Crippen LogP contribution in [0, 0.1) is 5.92 Å². The average molecular weight is 97.4 g/mol. The van der Waals surface area contributed by atoms with Crippen molar-refractivity contribution in [1.82, 2.24) is 0 Å². The van der Waals surface area contributed by atoms with Gasteiger partial charge in [0.05, 0.1) is 0 Å². The van der Waals surface area contributed by atoms with Crippen molar-refractivity contribution in [3.8, 4) is 0 Å². The molecule has 0 aromatic carbocycles. The van der Waals surface area contributed by atoms with Crippen molar-refractivity contribution in [2.24, 2.45) is 5.92 Å². The molecule has 0 aromatic heterocycles. The molecule has 0 atom stereocenters. The van der Waals surface area contributed by atoms with Crippen LogP contribution in [0.2, 0.25) is 0 Å². The molecule has 0 unspecified atom stereocenters. The normalized spacial score (nSPS) is 9.67. The highest BCUT2D eigenvalue weighted by Crippen LogP contribution is 1.87. The van der Waals surface area contributed by atoms with Gasteiger partial charge in [-0.15, -0.1) is 0 Å². The molecule has 0 aliphatic carbocycles. The fraction of sp³-hybridized carbons (Fsp3) is 1.00. The van der Waals surface area contributed by atoms with Crippen LogP contribution in [0.4, 0.5) is 0 Å². The third kappa shape index (κ3) is 4.73. The second kappa shape index (κ2) is 3.90. The second-order valence-electron chi connectivity index (χ2n) is 1.76. The van der Waals surface area contributed by atoms with E-state index in [1.165, 1.54) is 0 Å². The van der Waals surface area contributed by atoms with Crippen LogP contribution in [0.15, 0.2) is 0 Å². The summed E-state index contributed by atoms with van der Waals surface area (Å²) in [4.78, 5) is 0. The predicted octanol–water partition coefficient (Wildman–Crippen LogP) is 0.742. The minimum absolute atomic E-state index is 0.683. The van der Waals surface area contributed by atoms with E-state index in [2.05, 4.69) is 13.8 Å². The molecule has 0 fully saturated rings. The lowest BCUT2D eigenvalue weighted by molar-refractivity contribution is 0.295. The van der Waals surface area contributed by atoms with Crippen molar-refractivity contribution in [2.75, 3.05) is 6.61 Å². The Morgan fingerprint density at radius 2 is 2.17 bits per heavy atom. The topological polar surface area (TPSA) is 9.23 Å². The summed E-state index contributed by atoms with van der Waals surface area (Å²) in [6.45, 7) is 5.15. The Labute approximate surface area is 52.0 Å². The lowest BCUT2D eigenvalue weighted by Crippen LogP contribution is -1.97. The van der Waals surface area contributed by atoms with Gasteiger partial charge in [-0.05, 0) is 5.92 Å². The molecular weight excluding hydrogens is 88.3 g/mol. The third-order valence-electron chi connectivity index (χ3n) is 0.451. The highest BCUT2D eigenvalue weighted by molar-refractivity contribution is 5.97. The summed E-state index contributed by atoms with van der Waals surface area (Å²) >= 11 is 1.56. The molecule has 0 spiro atoms. The van der Waals surface area contributed by atoms with E-state index in [1.807, 2.05) is 0 Å². The van der Waals surface area contributed by atoms with Crippen LogP contribution in [0.1, 0.15) is 13.8 Å². The molecule has 0 bridgehead atoms. The Bertz CT molecular complexity index is 28.7. The second-order valence-corrected chi connectivity index (χ2v) is 2.17. The molecule has 1 radical (unpaired) electrons. The van der Waals surface area contributed by atoms with Gasteiger partial charge >= 0.3 is 22.1 Å². The minimum atomic E-state index is 0.683. The van der Waals surface area contributed by atoms with E-state index < -0.39 is 0 Å². The molecule has 0 heterocycles. The maximum Gasteiger partial charge on any atom is 0.452 e. The van der Waals surface area contributed by atoms with Gasteiger partial charge in [0.15, 0.2) is 0 Å². The van der Waals surface area contributed by atoms with Gasteiger partial charge in [-0.3, -0.25) is 0 Å². The maximum absolute atomic E-state index is 4.83. The SMILES string of the molecule is CC(C)C[O][Mg]. The highest BCUT2D eigenvalue weighted by Gasteiger charge is 1.84. The van der Waals surface area contributed by atoms with Gasteiger partial charge in [0.25, 0.3) is 0 Å². The molecule has 0 aliphatic heterocycles. The monoisotopic (exact) mass is 97.1 g/mol. The first-order valence-electron chi connectivity index (χ1n) is 2.14. The number of hydrogen-bond donors (Lipinski definition) is 0. The highest BCUT2D eigenvalue weighted by atomic mass is 24.4. The van der Waals surface area contributed by atoms with Crippen LogP contribution in [-0.4, -0.2) is 28.7 Å². The zero-order valence-corrected chi connectivity index (χ0v) is 5.81. The first-order chi connectivity index (χ1) is 2.77. The molecular formula is C4H9MgO. The van der Waals surface area contributed by atoms with Crippen molar-refractivity contribution < 1.29 is 3.17 Å². The van der Waals surface area contributed by atoms with Crippen LogP contribution in [0.3, 0.4) is 0 Å². The van der Waals surface area contributed by atoms with E-state index in [9.17, 15) is 0 Å². The molecule has 0 rings (SSSR count). The molecule has 0 saturated heterocycles. The van der Waals surface area contributed by atoms with Gasteiger partial charge in [0, 0.05) is 6.61 Å². The summed E-state index contributed by atoms with van der Waals surface area (Å²) in [7, 11) is 0. The van der Waals surface area contributed by atoms with Crippen LogP contribution < -0.4 is 0 Å². The van der Waals surface area contributed by atoms with E-state index in [4.69, 9.17) is 3.17 Å². The van der Waals surface area contributed by atoms with Crippen LogP contribution in [-0.2, 0) is 3.17 Å². The standard InChI is InChI=1S/C4H9O.Mg/c1-4(2)3-5;/h4H,3H2,1-2H3;/q-1;+1. The fourth-order valence-corrected chi connectivity index (χ4v) is 0.707. The molecule has 1 nitrogen and oxygen atoms in total.